The average Bonchev–Trinajstić information content (AvgIpc) is 3.42. The molecular weight excluding hydrogens is 440 g/mol. The Bertz CT molecular complexity index is 1370. The highest BCUT2D eigenvalue weighted by Crippen LogP contribution is 2.34. The summed E-state index contributed by atoms with van der Waals surface area (Å²) in [5.74, 6) is -0.0813. The third kappa shape index (κ3) is 3.87. The Morgan fingerprint density at radius 3 is 2.67 bits per heavy atom. The molecule has 5 rings (SSSR count). The number of fused-ring (bicyclic) bond motifs is 1. The van der Waals surface area contributed by atoms with E-state index < -0.39 is 0 Å². The molecule has 2 amide bonds. The van der Waals surface area contributed by atoms with Gasteiger partial charge in [0.1, 0.15) is 17.0 Å². The summed E-state index contributed by atoms with van der Waals surface area (Å²) in [5, 5.41) is 7.45. The predicted octanol–water partition coefficient (Wildman–Crippen LogP) is 5.15. The number of benzene rings is 2. The van der Waals surface area contributed by atoms with Crippen molar-refractivity contribution in [2.75, 3.05) is 16.8 Å². The van der Waals surface area contributed by atoms with Gasteiger partial charge in [-0.2, -0.15) is 0 Å². The first-order valence-electron chi connectivity index (χ1n) is 10.4. The summed E-state index contributed by atoms with van der Waals surface area (Å²) >= 11 is 6.31. The average molecular weight is 459 g/mol. The van der Waals surface area contributed by atoms with Gasteiger partial charge in [0, 0.05) is 41.4 Å². The minimum atomic E-state index is -0.367. The van der Waals surface area contributed by atoms with Gasteiger partial charge in [0.15, 0.2) is 0 Å². The Morgan fingerprint density at radius 2 is 1.88 bits per heavy atom. The Hall–Kier alpha value is -3.97. The smallest absolute Gasteiger partial charge is 0.261 e. The molecule has 0 atom stereocenters. The largest absolute Gasteiger partial charge is 0.360 e. The number of rotatable bonds is 4. The number of aryl methyl sites for hydroxylation is 1. The van der Waals surface area contributed by atoms with Gasteiger partial charge in [-0.05, 0) is 49.2 Å². The van der Waals surface area contributed by atoms with Crippen molar-refractivity contribution in [3.05, 3.63) is 94.5 Å². The number of hydrogen-bond acceptors (Lipinski definition) is 5. The maximum atomic E-state index is 13.2. The van der Waals surface area contributed by atoms with Crippen LogP contribution in [0.2, 0.25) is 5.02 Å². The molecule has 3 heterocycles. The maximum Gasteiger partial charge on any atom is 0.261 e. The lowest BCUT2D eigenvalue weighted by Crippen LogP contribution is -2.28. The van der Waals surface area contributed by atoms with Crippen LogP contribution in [0.4, 0.5) is 11.4 Å². The lowest BCUT2D eigenvalue weighted by atomic mass is 10.1. The van der Waals surface area contributed by atoms with Crippen molar-refractivity contribution < 1.29 is 14.1 Å². The van der Waals surface area contributed by atoms with E-state index in [2.05, 4.69) is 15.5 Å². The number of nitrogens with one attached hydrogen (secondary N) is 1. The number of hydrogen-bond donors (Lipinski definition) is 1. The maximum absolute atomic E-state index is 13.2. The van der Waals surface area contributed by atoms with Crippen LogP contribution in [0.15, 0.2) is 71.5 Å². The van der Waals surface area contributed by atoms with Gasteiger partial charge in [-0.1, -0.05) is 41.0 Å². The monoisotopic (exact) mass is 458 g/mol. The Labute approximate surface area is 195 Å². The summed E-state index contributed by atoms with van der Waals surface area (Å²) in [6.45, 7) is 2.26. The van der Waals surface area contributed by atoms with Crippen molar-refractivity contribution in [1.29, 1.82) is 0 Å². The van der Waals surface area contributed by atoms with Gasteiger partial charge >= 0.3 is 0 Å². The standard InChI is InChI=1S/C25H19ClN4O3/c1-15-22(23(29-33-15)19-4-2-3-5-20(19)26)24(31)28-18-7-6-16-10-13-30(21(16)14-18)25(32)17-8-11-27-12-9-17/h2-9,11-12,14H,10,13H2,1H3,(H,28,31). The molecule has 2 aromatic carbocycles. The lowest BCUT2D eigenvalue weighted by molar-refractivity contribution is 0.0987. The SMILES string of the molecule is Cc1onc(-c2ccccc2Cl)c1C(=O)Nc1ccc2c(c1)N(C(=O)c1ccncc1)CC2. The number of halogens is 1. The number of carbonyl (C=O) groups excluding carboxylic acids is 2. The molecule has 0 radical (unpaired) electrons. The number of carbonyl (C=O) groups is 2. The van der Waals surface area contributed by atoms with E-state index in [1.807, 2.05) is 30.3 Å². The zero-order chi connectivity index (χ0) is 22.9. The predicted molar refractivity (Wildman–Crippen MR) is 126 cm³/mol. The molecule has 0 saturated carbocycles. The van der Waals surface area contributed by atoms with Gasteiger partial charge in [0.05, 0.1) is 5.02 Å². The number of nitrogens with zero attached hydrogens (tertiary/aromatic N) is 3. The van der Waals surface area contributed by atoms with Crippen LogP contribution >= 0.6 is 11.6 Å². The molecule has 0 unspecified atom stereocenters. The van der Waals surface area contributed by atoms with Crippen LogP contribution in [0.1, 0.15) is 32.0 Å². The molecule has 0 fully saturated rings. The van der Waals surface area contributed by atoms with Gasteiger partial charge in [-0.3, -0.25) is 14.6 Å². The minimum absolute atomic E-state index is 0.101. The van der Waals surface area contributed by atoms with E-state index in [4.69, 9.17) is 16.1 Å². The fourth-order valence-corrected chi connectivity index (χ4v) is 4.21. The van der Waals surface area contributed by atoms with Crippen molar-refractivity contribution >= 4 is 34.8 Å². The molecule has 0 saturated heterocycles. The van der Waals surface area contributed by atoms with Crippen molar-refractivity contribution in [1.82, 2.24) is 10.1 Å². The number of anilines is 2. The highest BCUT2D eigenvalue weighted by molar-refractivity contribution is 6.33. The lowest BCUT2D eigenvalue weighted by Gasteiger charge is -2.18. The van der Waals surface area contributed by atoms with Gasteiger partial charge in [-0.15, -0.1) is 0 Å². The van der Waals surface area contributed by atoms with E-state index in [9.17, 15) is 9.59 Å². The summed E-state index contributed by atoms with van der Waals surface area (Å²) in [6, 6.07) is 16.1. The fourth-order valence-electron chi connectivity index (χ4n) is 3.99. The van der Waals surface area contributed by atoms with Gasteiger partial charge in [0.2, 0.25) is 0 Å². The van der Waals surface area contributed by atoms with Crippen molar-refractivity contribution in [3.63, 3.8) is 0 Å². The molecule has 1 aliphatic rings. The van der Waals surface area contributed by atoms with E-state index in [1.165, 1.54) is 0 Å². The number of amides is 2. The van der Waals surface area contributed by atoms with Crippen LogP contribution in [0.3, 0.4) is 0 Å². The van der Waals surface area contributed by atoms with Crippen LogP contribution in [0.25, 0.3) is 11.3 Å². The van der Waals surface area contributed by atoms with Crippen LogP contribution in [0, 0.1) is 6.92 Å². The molecule has 0 bridgehead atoms. The second kappa shape index (κ2) is 8.52. The Morgan fingerprint density at radius 1 is 1.09 bits per heavy atom. The first kappa shape index (κ1) is 20.9. The van der Waals surface area contributed by atoms with E-state index in [0.29, 0.717) is 45.4 Å². The highest BCUT2D eigenvalue weighted by Gasteiger charge is 2.27. The second-order valence-electron chi connectivity index (χ2n) is 7.68. The van der Waals surface area contributed by atoms with Gasteiger partial charge < -0.3 is 14.7 Å². The molecule has 1 N–H and O–H groups in total. The molecular formula is C25H19ClN4O3. The summed E-state index contributed by atoms with van der Waals surface area (Å²) in [7, 11) is 0. The molecule has 4 aromatic rings. The Kier molecular flexibility index (Phi) is 5.40. The molecule has 2 aromatic heterocycles. The summed E-state index contributed by atoms with van der Waals surface area (Å²) in [4.78, 5) is 31.9. The summed E-state index contributed by atoms with van der Waals surface area (Å²) in [6.07, 6.45) is 3.94. The second-order valence-corrected chi connectivity index (χ2v) is 8.09. The van der Waals surface area contributed by atoms with E-state index >= 15 is 0 Å². The van der Waals surface area contributed by atoms with Gasteiger partial charge in [-0.25, -0.2) is 0 Å². The molecule has 8 heteroatoms. The Balaban J connectivity index is 1.43. The van der Waals surface area contributed by atoms with Crippen molar-refractivity contribution in [2.24, 2.45) is 0 Å². The minimum Gasteiger partial charge on any atom is -0.360 e. The summed E-state index contributed by atoms with van der Waals surface area (Å²) in [5.41, 5.74) is 4.27. The summed E-state index contributed by atoms with van der Waals surface area (Å²) < 4.78 is 5.31. The van der Waals surface area contributed by atoms with Gasteiger partial charge in [0.25, 0.3) is 11.8 Å². The van der Waals surface area contributed by atoms with E-state index in [-0.39, 0.29) is 11.8 Å². The topological polar surface area (TPSA) is 88.3 Å². The first-order valence-corrected chi connectivity index (χ1v) is 10.8. The molecule has 33 heavy (non-hydrogen) atoms. The number of pyridine rings is 1. The highest BCUT2D eigenvalue weighted by atomic mass is 35.5. The molecule has 0 spiro atoms. The quantitative estimate of drug-likeness (QED) is 0.456. The molecule has 0 aliphatic carbocycles. The number of aromatic nitrogens is 2. The van der Waals surface area contributed by atoms with Crippen LogP contribution in [-0.4, -0.2) is 28.5 Å². The van der Waals surface area contributed by atoms with E-state index in [1.54, 1.807) is 48.5 Å². The third-order valence-electron chi connectivity index (χ3n) is 5.63. The van der Waals surface area contributed by atoms with Crippen molar-refractivity contribution in [2.45, 2.75) is 13.3 Å². The molecule has 7 nitrogen and oxygen atoms in total. The van der Waals surface area contributed by atoms with Crippen molar-refractivity contribution in [3.8, 4) is 11.3 Å². The van der Waals surface area contributed by atoms with Crippen LogP contribution in [-0.2, 0) is 6.42 Å². The van der Waals surface area contributed by atoms with Crippen LogP contribution in [0.5, 0.6) is 0 Å². The third-order valence-corrected chi connectivity index (χ3v) is 5.96. The zero-order valence-corrected chi connectivity index (χ0v) is 18.5. The molecule has 1 aliphatic heterocycles. The molecule has 164 valence electrons. The fraction of sp³-hybridized carbons (Fsp3) is 0.120. The normalized spacial score (nSPS) is 12.5. The first-order chi connectivity index (χ1) is 16.0. The van der Waals surface area contributed by atoms with E-state index in [0.717, 1.165) is 17.7 Å². The zero-order valence-electron chi connectivity index (χ0n) is 17.7. The van der Waals surface area contributed by atoms with Crippen LogP contribution < -0.4 is 10.2 Å².